The SMILES string of the molecule is CCN(C(=O)CC1CCNCC1)c1ccccc1. The van der Waals surface area contributed by atoms with E-state index >= 15 is 0 Å². The second-order valence-electron chi connectivity index (χ2n) is 4.87. The van der Waals surface area contributed by atoms with Crippen molar-refractivity contribution in [3.63, 3.8) is 0 Å². The molecule has 3 nitrogen and oxygen atoms in total. The molecule has 1 aliphatic rings. The van der Waals surface area contributed by atoms with Crippen molar-refractivity contribution in [1.29, 1.82) is 0 Å². The number of hydrogen-bond donors (Lipinski definition) is 1. The highest BCUT2D eigenvalue weighted by Crippen LogP contribution is 2.20. The number of carbonyl (C=O) groups is 1. The number of nitrogens with one attached hydrogen (secondary N) is 1. The lowest BCUT2D eigenvalue weighted by atomic mass is 9.94. The summed E-state index contributed by atoms with van der Waals surface area (Å²) in [5, 5.41) is 3.34. The fourth-order valence-corrected chi connectivity index (χ4v) is 2.55. The number of rotatable bonds is 4. The summed E-state index contributed by atoms with van der Waals surface area (Å²) >= 11 is 0. The van der Waals surface area contributed by atoms with Gasteiger partial charge < -0.3 is 10.2 Å². The molecule has 0 spiro atoms. The number of anilines is 1. The molecule has 1 fully saturated rings. The predicted octanol–water partition coefficient (Wildman–Crippen LogP) is 2.43. The van der Waals surface area contributed by atoms with Gasteiger partial charge in [-0.1, -0.05) is 18.2 Å². The first-order valence-corrected chi connectivity index (χ1v) is 6.87. The van der Waals surface area contributed by atoms with E-state index in [4.69, 9.17) is 0 Å². The Morgan fingerprint density at radius 3 is 2.56 bits per heavy atom. The minimum atomic E-state index is 0.260. The van der Waals surface area contributed by atoms with Crippen molar-refractivity contribution < 1.29 is 4.79 Å². The Balaban J connectivity index is 1.97. The fourth-order valence-electron chi connectivity index (χ4n) is 2.55. The lowest BCUT2D eigenvalue weighted by molar-refractivity contribution is -0.119. The van der Waals surface area contributed by atoms with Gasteiger partial charge in [0.2, 0.25) is 5.91 Å². The van der Waals surface area contributed by atoms with Crippen molar-refractivity contribution in [2.45, 2.75) is 26.2 Å². The number of hydrogen-bond acceptors (Lipinski definition) is 2. The summed E-state index contributed by atoms with van der Waals surface area (Å²) < 4.78 is 0. The highest BCUT2D eigenvalue weighted by molar-refractivity contribution is 5.93. The van der Waals surface area contributed by atoms with Gasteiger partial charge in [0.1, 0.15) is 0 Å². The number of piperidine rings is 1. The van der Waals surface area contributed by atoms with E-state index in [0.29, 0.717) is 12.3 Å². The van der Waals surface area contributed by atoms with Crippen molar-refractivity contribution in [3.8, 4) is 0 Å². The zero-order valence-electron chi connectivity index (χ0n) is 11.1. The fraction of sp³-hybridized carbons (Fsp3) is 0.533. The lowest BCUT2D eigenvalue weighted by Gasteiger charge is -2.26. The number of amides is 1. The van der Waals surface area contributed by atoms with Gasteiger partial charge in [-0.25, -0.2) is 0 Å². The van der Waals surface area contributed by atoms with Gasteiger partial charge in [0.15, 0.2) is 0 Å². The second-order valence-corrected chi connectivity index (χ2v) is 4.87. The Hall–Kier alpha value is -1.35. The first-order chi connectivity index (χ1) is 8.81. The van der Waals surface area contributed by atoms with Crippen LogP contribution in [0.25, 0.3) is 0 Å². The van der Waals surface area contributed by atoms with Gasteiger partial charge in [-0.3, -0.25) is 4.79 Å². The zero-order chi connectivity index (χ0) is 12.8. The molecule has 98 valence electrons. The normalized spacial score (nSPS) is 16.5. The molecule has 0 aliphatic carbocycles. The molecular weight excluding hydrogens is 224 g/mol. The summed E-state index contributed by atoms with van der Waals surface area (Å²) in [6, 6.07) is 9.95. The summed E-state index contributed by atoms with van der Waals surface area (Å²) in [5.41, 5.74) is 1.01. The van der Waals surface area contributed by atoms with Crippen LogP contribution in [0.4, 0.5) is 5.69 Å². The van der Waals surface area contributed by atoms with Crippen molar-refractivity contribution in [3.05, 3.63) is 30.3 Å². The Kier molecular flexibility index (Phi) is 4.76. The Bertz CT molecular complexity index is 371. The van der Waals surface area contributed by atoms with E-state index in [2.05, 4.69) is 5.32 Å². The maximum absolute atomic E-state index is 12.3. The van der Waals surface area contributed by atoms with Crippen molar-refractivity contribution in [2.75, 3.05) is 24.5 Å². The van der Waals surface area contributed by atoms with Crippen molar-refractivity contribution >= 4 is 11.6 Å². The van der Waals surface area contributed by atoms with Gasteiger partial charge in [0.25, 0.3) is 0 Å². The molecule has 1 heterocycles. The highest BCUT2D eigenvalue weighted by Gasteiger charge is 2.20. The van der Waals surface area contributed by atoms with Crippen LogP contribution in [0, 0.1) is 5.92 Å². The third-order valence-corrected chi connectivity index (χ3v) is 3.61. The van der Waals surface area contributed by atoms with Crippen LogP contribution in [0.2, 0.25) is 0 Å². The quantitative estimate of drug-likeness (QED) is 0.885. The smallest absolute Gasteiger partial charge is 0.227 e. The van der Waals surface area contributed by atoms with E-state index in [1.807, 2.05) is 42.2 Å². The molecule has 0 aromatic heterocycles. The molecule has 0 atom stereocenters. The van der Waals surface area contributed by atoms with Crippen LogP contribution >= 0.6 is 0 Å². The van der Waals surface area contributed by atoms with Crippen LogP contribution in [0.3, 0.4) is 0 Å². The molecule has 1 saturated heterocycles. The van der Waals surface area contributed by atoms with Gasteiger partial charge in [-0.2, -0.15) is 0 Å². The Morgan fingerprint density at radius 1 is 1.28 bits per heavy atom. The van der Waals surface area contributed by atoms with E-state index in [0.717, 1.165) is 38.2 Å². The molecular formula is C15H22N2O. The largest absolute Gasteiger partial charge is 0.317 e. The molecule has 0 unspecified atom stereocenters. The van der Waals surface area contributed by atoms with Gasteiger partial charge in [0, 0.05) is 18.7 Å². The Morgan fingerprint density at radius 2 is 1.94 bits per heavy atom. The molecule has 1 amide bonds. The van der Waals surface area contributed by atoms with Crippen LogP contribution in [0.15, 0.2) is 30.3 Å². The summed E-state index contributed by atoms with van der Waals surface area (Å²) in [6.45, 7) is 4.88. The van der Waals surface area contributed by atoms with Crippen molar-refractivity contribution in [2.24, 2.45) is 5.92 Å². The number of benzene rings is 1. The third kappa shape index (κ3) is 3.33. The van der Waals surface area contributed by atoms with Gasteiger partial charge in [-0.05, 0) is 50.9 Å². The standard InChI is InChI=1S/C15H22N2O/c1-2-17(14-6-4-3-5-7-14)15(18)12-13-8-10-16-11-9-13/h3-7,13,16H,2,8-12H2,1H3. The maximum atomic E-state index is 12.3. The van der Waals surface area contributed by atoms with Crippen LogP contribution in [0.1, 0.15) is 26.2 Å². The van der Waals surface area contributed by atoms with E-state index in [1.54, 1.807) is 0 Å². The van der Waals surface area contributed by atoms with Gasteiger partial charge in [0.05, 0.1) is 0 Å². The average Bonchev–Trinajstić information content (AvgIpc) is 2.42. The molecule has 3 heteroatoms. The molecule has 0 bridgehead atoms. The van der Waals surface area contributed by atoms with Crippen LogP contribution in [-0.4, -0.2) is 25.5 Å². The topological polar surface area (TPSA) is 32.3 Å². The number of carbonyl (C=O) groups excluding carboxylic acids is 1. The van der Waals surface area contributed by atoms with Gasteiger partial charge in [-0.15, -0.1) is 0 Å². The first kappa shape index (κ1) is 13.1. The molecule has 0 saturated carbocycles. The van der Waals surface area contributed by atoms with E-state index in [-0.39, 0.29) is 5.91 Å². The van der Waals surface area contributed by atoms with Crippen LogP contribution in [0.5, 0.6) is 0 Å². The molecule has 1 aromatic rings. The summed E-state index contributed by atoms with van der Waals surface area (Å²) in [5.74, 6) is 0.812. The van der Waals surface area contributed by atoms with Gasteiger partial charge >= 0.3 is 0 Å². The van der Waals surface area contributed by atoms with E-state index < -0.39 is 0 Å². The molecule has 1 N–H and O–H groups in total. The lowest BCUT2D eigenvalue weighted by Crippen LogP contribution is -2.35. The van der Waals surface area contributed by atoms with Crippen LogP contribution < -0.4 is 10.2 Å². The minimum absolute atomic E-state index is 0.260. The van der Waals surface area contributed by atoms with E-state index in [1.165, 1.54) is 0 Å². The average molecular weight is 246 g/mol. The highest BCUT2D eigenvalue weighted by atomic mass is 16.2. The molecule has 0 radical (unpaired) electrons. The number of nitrogens with zero attached hydrogens (tertiary/aromatic N) is 1. The number of para-hydroxylation sites is 1. The molecule has 2 rings (SSSR count). The minimum Gasteiger partial charge on any atom is -0.317 e. The summed E-state index contributed by atoms with van der Waals surface area (Å²) in [6.07, 6.45) is 2.93. The Labute approximate surface area is 109 Å². The maximum Gasteiger partial charge on any atom is 0.227 e. The molecule has 1 aliphatic heterocycles. The second kappa shape index (κ2) is 6.55. The van der Waals surface area contributed by atoms with E-state index in [9.17, 15) is 4.79 Å². The third-order valence-electron chi connectivity index (χ3n) is 3.61. The summed E-state index contributed by atoms with van der Waals surface area (Å²) in [7, 11) is 0. The molecule has 18 heavy (non-hydrogen) atoms. The summed E-state index contributed by atoms with van der Waals surface area (Å²) in [4.78, 5) is 14.2. The predicted molar refractivity (Wildman–Crippen MR) is 74.7 cm³/mol. The van der Waals surface area contributed by atoms with Crippen LogP contribution in [-0.2, 0) is 4.79 Å². The molecule has 1 aromatic carbocycles. The zero-order valence-corrected chi connectivity index (χ0v) is 11.1. The van der Waals surface area contributed by atoms with Crippen molar-refractivity contribution in [1.82, 2.24) is 5.32 Å². The first-order valence-electron chi connectivity index (χ1n) is 6.87. The monoisotopic (exact) mass is 246 g/mol.